The molecular weight excluding hydrogens is 319 g/mol. The smallest absolute Gasteiger partial charge is 0.358 e. The third kappa shape index (κ3) is 5.53. The van der Waals surface area contributed by atoms with Gasteiger partial charge in [-0.05, 0) is 12.3 Å². The number of hydrogen-bond acceptors (Lipinski definition) is 0. The fraction of sp³-hybridized carbons (Fsp3) is 0.368. The summed E-state index contributed by atoms with van der Waals surface area (Å²) < 4.78 is 0. The molecule has 20 heavy (non-hydrogen) atoms. The molecule has 0 radical (unpaired) electrons. The maximum absolute atomic E-state index is 2.37. The molecule has 0 nitrogen and oxygen atoms in total. The molecule has 1 aromatic carbocycles. The van der Waals surface area contributed by atoms with Crippen molar-refractivity contribution in [3.63, 3.8) is 0 Å². The number of fused-ring (bicyclic) bond motifs is 1. The van der Waals surface area contributed by atoms with Crippen LogP contribution in [0.3, 0.4) is 0 Å². The molecule has 2 aliphatic carbocycles. The topological polar surface area (TPSA) is 0 Å². The molecule has 0 spiro atoms. The molecule has 0 bridgehead atoms. The number of allylic oxidation sites excluding steroid dienone is 4. The molecule has 0 N–H and O–H groups in total. The van der Waals surface area contributed by atoms with E-state index in [1.165, 1.54) is 18.4 Å². The maximum atomic E-state index is 2.37. The van der Waals surface area contributed by atoms with E-state index < -0.39 is 0 Å². The van der Waals surface area contributed by atoms with E-state index in [0.717, 1.165) is 11.8 Å². The van der Waals surface area contributed by atoms with E-state index in [2.05, 4.69) is 51.1 Å². The minimum Gasteiger partial charge on any atom is -0.358 e. The SMILES string of the molecule is C[C-]1CC(C)C2CC=CC=C12.C[c-]1cccc1.[CH3-].[CH3-].[Zr+4]. The molecule has 1 fully saturated rings. The van der Waals surface area contributed by atoms with Crippen LogP contribution in [0.5, 0.6) is 0 Å². The molecule has 2 aliphatic rings. The van der Waals surface area contributed by atoms with Crippen molar-refractivity contribution < 1.29 is 26.2 Å². The van der Waals surface area contributed by atoms with Crippen molar-refractivity contribution in [3.8, 4) is 0 Å². The van der Waals surface area contributed by atoms with Crippen LogP contribution >= 0.6 is 0 Å². The first kappa shape index (κ1) is 21.9. The Morgan fingerprint density at radius 1 is 1.10 bits per heavy atom. The van der Waals surface area contributed by atoms with Gasteiger partial charge in [-0.25, -0.2) is 29.7 Å². The van der Waals surface area contributed by atoms with Gasteiger partial charge in [0.05, 0.1) is 0 Å². The standard InChI is InChI=1S/C11H15.C6H7.2CH3.Zr/c1-8-7-9(2)11-6-4-3-5-10(8)11;1-6-4-2-3-5-6;;;/h3-5,9,11H,6-7H2,1-2H3;2-5H,1H3;2*1H3;/q4*-1;+4. The monoisotopic (exact) mass is 346 g/mol. The third-order valence-electron chi connectivity index (χ3n) is 3.84. The number of rotatable bonds is 0. The summed E-state index contributed by atoms with van der Waals surface area (Å²) in [7, 11) is 0. The Bertz CT molecular complexity index is 397. The molecular formula is C19H28Zr. The van der Waals surface area contributed by atoms with E-state index in [-0.39, 0.29) is 41.1 Å². The minimum absolute atomic E-state index is 0. The molecule has 1 aromatic rings. The maximum Gasteiger partial charge on any atom is 4.00 e. The van der Waals surface area contributed by atoms with Crippen LogP contribution in [-0.2, 0) is 26.2 Å². The van der Waals surface area contributed by atoms with Gasteiger partial charge in [0.15, 0.2) is 0 Å². The van der Waals surface area contributed by atoms with E-state index in [1.54, 1.807) is 11.5 Å². The normalized spacial score (nSPS) is 22.1. The summed E-state index contributed by atoms with van der Waals surface area (Å²) in [6.07, 6.45) is 9.38. The summed E-state index contributed by atoms with van der Waals surface area (Å²) in [5.41, 5.74) is 2.97. The average Bonchev–Trinajstić information content (AvgIpc) is 2.90. The van der Waals surface area contributed by atoms with Crippen molar-refractivity contribution in [2.24, 2.45) is 11.8 Å². The van der Waals surface area contributed by atoms with E-state index in [9.17, 15) is 0 Å². The average molecular weight is 348 g/mol. The van der Waals surface area contributed by atoms with Crippen molar-refractivity contribution in [2.75, 3.05) is 0 Å². The van der Waals surface area contributed by atoms with Gasteiger partial charge < -0.3 is 14.9 Å². The Kier molecular flexibility index (Phi) is 11.3. The second-order valence-corrected chi connectivity index (χ2v) is 5.32. The van der Waals surface area contributed by atoms with Crippen LogP contribution in [0.1, 0.15) is 32.3 Å². The first-order chi connectivity index (χ1) is 8.18. The van der Waals surface area contributed by atoms with Gasteiger partial charge in [-0.2, -0.15) is 17.7 Å². The molecule has 0 aromatic heterocycles. The van der Waals surface area contributed by atoms with Crippen LogP contribution in [0.15, 0.2) is 48.1 Å². The fourth-order valence-electron chi connectivity index (χ4n) is 2.86. The van der Waals surface area contributed by atoms with Crippen LogP contribution in [0.4, 0.5) is 0 Å². The number of hydrogen-bond donors (Lipinski definition) is 0. The predicted molar refractivity (Wildman–Crippen MR) is 87.6 cm³/mol. The quantitative estimate of drug-likeness (QED) is 0.525. The van der Waals surface area contributed by atoms with Crippen LogP contribution < -0.4 is 0 Å². The Balaban J connectivity index is 0. The first-order valence-corrected chi connectivity index (χ1v) is 6.56. The summed E-state index contributed by atoms with van der Waals surface area (Å²) in [5.74, 6) is 3.35. The van der Waals surface area contributed by atoms with Gasteiger partial charge in [0, 0.05) is 0 Å². The minimum atomic E-state index is 0. The van der Waals surface area contributed by atoms with Gasteiger partial charge >= 0.3 is 26.2 Å². The summed E-state index contributed by atoms with van der Waals surface area (Å²) in [4.78, 5) is 0. The molecule has 3 rings (SSSR count). The van der Waals surface area contributed by atoms with Crippen LogP contribution in [-0.4, -0.2) is 0 Å². The summed E-state index contributed by atoms with van der Waals surface area (Å²) in [6, 6.07) is 8.24. The molecule has 2 unspecified atom stereocenters. The predicted octanol–water partition coefficient (Wildman–Crippen LogP) is 5.74. The van der Waals surface area contributed by atoms with Gasteiger partial charge in [0.1, 0.15) is 0 Å². The zero-order valence-corrected chi connectivity index (χ0v) is 16.1. The Labute approximate surface area is 145 Å². The van der Waals surface area contributed by atoms with Crippen molar-refractivity contribution in [1.82, 2.24) is 0 Å². The zero-order chi connectivity index (χ0) is 12.3. The van der Waals surface area contributed by atoms with Gasteiger partial charge in [0.2, 0.25) is 0 Å². The zero-order valence-electron chi connectivity index (χ0n) is 13.6. The summed E-state index contributed by atoms with van der Waals surface area (Å²) in [6.45, 7) is 6.73. The van der Waals surface area contributed by atoms with Crippen molar-refractivity contribution in [2.45, 2.75) is 33.6 Å². The molecule has 1 heteroatoms. The summed E-state index contributed by atoms with van der Waals surface area (Å²) >= 11 is 0. The second-order valence-electron chi connectivity index (χ2n) is 5.32. The Morgan fingerprint density at radius 2 is 1.70 bits per heavy atom. The largest absolute Gasteiger partial charge is 4.00 e. The molecule has 0 heterocycles. The van der Waals surface area contributed by atoms with Crippen LogP contribution in [0, 0.1) is 39.5 Å². The van der Waals surface area contributed by atoms with Crippen LogP contribution in [0.2, 0.25) is 0 Å². The van der Waals surface area contributed by atoms with Crippen molar-refractivity contribution in [1.29, 1.82) is 0 Å². The molecule has 108 valence electrons. The van der Waals surface area contributed by atoms with Gasteiger partial charge in [0.25, 0.3) is 0 Å². The van der Waals surface area contributed by atoms with Gasteiger partial charge in [-0.3, -0.25) is 0 Å². The molecule has 0 saturated heterocycles. The van der Waals surface area contributed by atoms with E-state index in [4.69, 9.17) is 0 Å². The van der Waals surface area contributed by atoms with Crippen LogP contribution in [0.25, 0.3) is 0 Å². The number of aryl methyl sites for hydroxylation is 1. The van der Waals surface area contributed by atoms with E-state index >= 15 is 0 Å². The van der Waals surface area contributed by atoms with Gasteiger partial charge in [-0.15, -0.1) is 19.1 Å². The third-order valence-corrected chi connectivity index (χ3v) is 3.84. The molecule has 1 saturated carbocycles. The Morgan fingerprint density at radius 3 is 2.15 bits per heavy atom. The molecule has 0 aliphatic heterocycles. The van der Waals surface area contributed by atoms with E-state index in [0.29, 0.717) is 0 Å². The Hall–Kier alpha value is -0.417. The summed E-state index contributed by atoms with van der Waals surface area (Å²) in [5, 5.41) is 0. The van der Waals surface area contributed by atoms with E-state index in [1.807, 2.05) is 12.1 Å². The van der Waals surface area contributed by atoms with Gasteiger partial charge in [-0.1, -0.05) is 26.2 Å². The first-order valence-electron chi connectivity index (χ1n) is 6.56. The van der Waals surface area contributed by atoms with Crippen molar-refractivity contribution in [3.05, 3.63) is 74.4 Å². The molecule has 2 atom stereocenters. The van der Waals surface area contributed by atoms with Crippen molar-refractivity contribution >= 4 is 0 Å². The fourth-order valence-corrected chi connectivity index (χ4v) is 2.86. The second kappa shape index (κ2) is 10.3. The molecule has 0 amide bonds.